The van der Waals surface area contributed by atoms with Gasteiger partial charge >= 0.3 is 6.09 Å². The summed E-state index contributed by atoms with van der Waals surface area (Å²) in [5.41, 5.74) is -0.495. The molecule has 1 saturated heterocycles. The number of carbonyl (C=O) groups is 1. The second-order valence-corrected chi connectivity index (χ2v) is 8.73. The third-order valence-corrected chi connectivity index (χ3v) is 4.61. The summed E-state index contributed by atoms with van der Waals surface area (Å²) >= 11 is 0. The number of likely N-dealkylation sites (tertiary alicyclic amines) is 1. The van der Waals surface area contributed by atoms with E-state index in [1.54, 1.807) is 4.90 Å². The highest BCUT2D eigenvalue weighted by molar-refractivity contribution is 7.86. The van der Waals surface area contributed by atoms with Gasteiger partial charge < -0.3 is 9.64 Å². The Morgan fingerprint density at radius 1 is 1.19 bits per heavy atom. The molecule has 0 radical (unpaired) electrons. The van der Waals surface area contributed by atoms with E-state index in [1.165, 1.54) is 0 Å². The minimum Gasteiger partial charge on any atom is -0.444 e. The Hall–Kier alpha value is -0.820. The quantitative estimate of drug-likeness (QED) is 0.728. The van der Waals surface area contributed by atoms with Crippen LogP contribution < -0.4 is 0 Å². The first-order valence-electron chi connectivity index (χ1n) is 7.40. The van der Waals surface area contributed by atoms with Crippen molar-refractivity contribution in [1.82, 2.24) is 4.90 Å². The third-order valence-electron chi connectivity index (χ3n) is 3.99. The average molecular weight is 319 g/mol. The Balaban J connectivity index is 1.91. The molecule has 2 fully saturated rings. The Morgan fingerprint density at radius 3 is 2.38 bits per heavy atom. The monoisotopic (exact) mass is 319 g/mol. The maximum absolute atomic E-state index is 12.1. The van der Waals surface area contributed by atoms with Crippen molar-refractivity contribution in [1.29, 1.82) is 0 Å². The molecule has 1 heterocycles. The smallest absolute Gasteiger partial charge is 0.410 e. The molecule has 3 atom stereocenters. The van der Waals surface area contributed by atoms with Crippen molar-refractivity contribution in [3.63, 3.8) is 0 Å². The predicted molar refractivity (Wildman–Crippen MR) is 78.4 cm³/mol. The van der Waals surface area contributed by atoms with Gasteiger partial charge in [-0.05, 0) is 51.9 Å². The fourth-order valence-corrected chi connectivity index (χ4v) is 3.90. The summed E-state index contributed by atoms with van der Waals surface area (Å²) in [7, 11) is -3.41. The van der Waals surface area contributed by atoms with Gasteiger partial charge in [-0.1, -0.05) is 0 Å². The lowest BCUT2D eigenvalue weighted by Gasteiger charge is -2.35. The van der Waals surface area contributed by atoms with E-state index in [9.17, 15) is 13.2 Å². The van der Waals surface area contributed by atoms with E-state index < -0.39 is 15.7 Å². The van der Waals surface area contributed by atoms with Gasteiger partial charge in [-0.25, -0.2) is 4.79 Å². The summed E-state index contributed by atoms with van der Waals surface area (Å²) in [5, 5.41) is 0. The molecule has 1 aliphatic heterocycles. The standard InChI is InChI=1S/C14H25NO5S/c1-14(2,3)19-13(16)15-6-5-10-7-12(8-11(10)9-15)20-21(4,17)18/h10-12H,5-9H2,1-4H3/t10-,11-,12+/m1/s1. The number of carbonyl (C=O) groups excluding carboxylic acids is 1. The molecule has 2 rings (SSSR count). The molecule has 122 valence electrons. The zero-order valence-corrected chi connectivity index (χ0v) is 14.0. The van der Waals surface area contributed by atoms with Gasteiger partial charge in [0.25, 0.3) is 10.1 Å². The number of piperidine rings is 1. The SMILES string of the molecule is CC(C)(C)OC(=O)N1CC[C@@H]2C[C@H](OS(C)(=O)=O)C[C@@H]2C1. The number of ether oxygens (including phenoxy) is 1. The molecular weight excluding hydrogens is 294 g/mol. The highest BCUT2D eigenvalue weighted by Crippen LogP contribution is 2.40. The van der Waals surface area contributed by atoms with E-state index in [2.05, 4.69) is 0 Å². The number of hydrogen-bond donors (Lipinski definition) is 0. The van der Waals surface area contributed by atoms with Gasteiger partial charge in [0.2, 0.25) is 0 Å². The molecule has 1 aliphatic carbocycles. The van der Waals surface area contributed by atoms with Crippen LogP contribution in [-0.2, 0) is 19.0 Å². The van der Waals surface area contributed by atoms with Crippen molar-refractivity contribution in [2.45, 2.75) is 51.7 Å². The number of rotatable bonds is 2. The molecule has 7 heteroatoms. The molecule has 0 N–H and O–H groups in total. The summed E-state index contributed by atoms with van der Waals surface area (Å²) in [6.45, 7) is 6.85. The molecule has 1 amide bonds. The second kappa shape index (κ2) is 5.76. The van der Waals surface area contributed by atoms with E-state index in [0.717, 1.165) is 19.1 Å². The van der Waals surface area contributed by atoms with Gasteiger partial charge in [-0.15, -0.1) is 0 Å². The maximum Gasteiger partial charge on any atom is 0.410 e. The Kier molecular flexibility index (Phi) is 4.54. The van der Waals surface area contributed by atoms with Crippen LogP contribution in [0.2, 0.25) is 0 Å². The van der Waals surface area contributed by atoms with Crippen molar-refractivity contribution in [3.05, 3.63) is 0 Å². The van der Waals surface area contributed by atoms with E-state index in [4.69, 9.17) is 8.92 Å². The summed E-state index contributed by atoms with van der Waals surface area (Å²) < 4.78 is 32.9. The molecule has 0 bridgehead atoms. The molecule has 0 unspecified atom stereocenters. The summed E-state index contributed by atoms with van der Waals surface area (Å²) in [5.74, 6) is 0.744. The average Bonchev–Trinajstić information content (AvgIpc) is 2.64. The predicted octanol–water partition coefficient (Wildman–Crippen LogP) is 2.00. The van der Waals surface area contributed by atoms with E-state index in [1.807, 2.05) is 20.8 Å². The third kappa shape index (κ3) is 4.85. The van der Waals surface area contributed by atoms with E-state index in [-0.39, 0.29) is 12.2 Å². The van der Waals surface area contributed by atoms with Gasteiger partial charge in [0.1, 0.15) is 5.60 Å². The van der Waals surface area contributed by atoms with Crippen molar-refractivity contribution in [2.75, 3.05) is 19.3 Å². The minimum atomic E-state index is -3.41. The highest BCUT2D eigenvalue weighted by atomic mass is 32.2. The molecule has 0 aromatic heterocycles. The Morgan fingerprint density at radius 2 is 1.81 bits per heavy atom. The fourth-order valence-electron chi connectivity index (χ4n) is 3.25. The van der Waals surface area contributed by atoms with Crippen LogP contribution in [0.25, 0.3) is 0 Å². The number of amides is 1. The number of nitrogens with zero attached hydrogens (tertiary/aromatic N) is 1. The largest absolute Gasteiger partial charge is 0.444 e. The molecular formula is C14H25NO5S. The van der Waals surface area contributed by atoms with Crippen LogP contribution in [0.15, 0.2) is 0 Å². The second-order valence-electron chi connectivity index (χ2n) is 7.13. The molecule has 2 aliphatic rings. The van der Waals surface area contributed by atoms with Crippen molar-refractivity contribution >= 4 is 16.2 Å². The van der Waals surface area contributed by atoms with Crippen molar-refractivity contribution < 1.29 is 22.1 Å². The van der Waals surface area contributed by atoms with Gasteiger partial charge in [0.15, 0.2) is 0 Å². The molecule has 6 nitrogen and oxygen atoms in total. The van der Waals surface area contributed by atoms with Crippen LogP contribution in [0.5, 0.6) is 0 Å². The first-order chi connectivity index (χ1) is 9.53. The lowest BCUT2D eigenvalue weighted by molar-refractivity contribution is 0.0127. The molecule has 0 aromatic rings. The Bertz CT molecular complexity index is 496. The zero-order chi connectivity index (χ0) is 15.8. The van der Waals surface area contributed by atoms with E-state index in [0.29, 0.717) is 31.3 Å². The van der Waals surface area contributed by atoms with Gasteiger partial charge in [-0.3, -0.25) is 4.18 Å². The van der Waals surface area contributed by atoms with Gasteiger partial charge in [0, 0.05) is 13.1 Å². The normalized spacial score (nSPS) is 30.1. The minimum absolute atomic E-state index is 0.242. The molecule has 1 saturated carbocycles. The maximum atomic E-state index is 12.1. The van der Waals surface area contributed by atoms with Crippen molar-refractivity contribution in [3.8, 4) is 0 Å². The zero-order valence-electron chi connectivity index (χ0n) is 13.2. The summed E-state index contributed by atoms with van der Waals surface area (Å²) in [6.07, 6.45) is 2.90. The highest BCUT2D eigenvalue weighted by Gasteiger charge is 2.41. The van der Waals surface area contributed by atoms with Gasteiger partial charge in [0.05, 0.1) is 12.4 Å². The molecule has 0 spiro atoms. The van der Waals surface area contributed by atoms with Gasteiger partial charge in [-0.2, -0.15) is 8.42 Å². The lowest BCUT2D eigenvalue weighted by Crippen LogP contribution is -2.44. The van der Waals surface area contributed by atoms with E-state index >= 15 is 0 Å². The molecule has 0 aromatic carbocycles. The van der Waals surface area contributed by atoms with Crippen LogP contribution in [0.4, 0.5) is 4.79 Å². The fraction of sp³-hybridized carbons (Fsp3) is 0.929. The first-order valence-corrected chi connectivity index (χ1v) is 9.21. The lowest BCUT2D eigenvalue weighted by atomic mass is 9.89. The Labute approximate surface area is 126 Å². The van der Waals surface area contributed by atoms with Crippen LogP contribution in [0.1, 0.15) is 40.0 Å². The summed E-state index contributed by atoms with van der Waals surface area (Å²) in [4.78, 5) is 13.8. The van der Waals surface area contributed by atoms with Crippen LogP contribution in [0, 0.1) is 11.8 Å². The first kappa shape index (κ1) is 16.5. The summed E-state index contributed by atoms with van der Waals surface area (Å²) in [6, 6.07) is 0. The van der Waals surface area contributed by atoms with Crippen LogP contribution in [0.3, 0.4) is 0 Å². The van der Waals surface area contributed by atoms with Crippen LogP contribution >= 0.6 is 0 Å². The molecule has 21 heavy (non-hydrogen) atoms. The van der Waals surface area contributed by atoms with Crippen LogP contribution in [-0.4, -0.2) is 50.5 Å². The number of hydrogen-bond acceptors (Lipinski definition) is 5. The van der Waals surface area contributed by atoms with Crippen molar-refractivity contribution in [2.24, 2.45) is 11.8 Å². The number of fused-ring (bicyclic) bond motifs is 1. The topological polar surface area (TPSA) is 72.9 Å².